The number of carboxylic acids is 1. The molecule has 0 bridgehead atoms. The highest BCUT2D eigenvalue weighted by atomic mass is 16.5. The topological polar surface area (TPSA) is 66.8 Å². The molecule has 1 aliphatic rings. The summed E-state index contributed by atoms with van der Waals surface area (Å²) in [5.74, 6) is -0.0664. The fraction of sp³-hybridized carbons (Fsp3) is 0.467. The van der Waals surface area contributed by atoms with Gasteiger partial charge < -0.3 is 14.7 Å². The number of aliphatic carboxylic acids is 1. The number of benzene rings is 1. The first kappa shape index (κ1) is 14.4. The molecule has 5 nitrogen and oxygen atoms in total. The first-order valence-corrected chi connectivity index (χ1v) is 6.66. The normalized spacial score (nSPS) is 14.8. The Morgan fingerprint density at radius 3 is 2.45 bits per heavy atom. The Balaban J connectivity index is 1.81. The number of hydrogen-bond acceptors (Lipinski definition) is 3. The summed E-state index contributed by atoms with van der Waals surface area (Å²) in [6.45, 7) is 4.92. The third-order valence-electron chi connectivity index (χ3n) is 3.52. The third kappa shape index (κ3) is 3.29. The molecule has 108 valence electrons. The van der Waals surface area contributed by atoms with Crippen molar-refractivity contribution in [3.63, 3.8) is 0 Å². The van der Waals surface area contributed by atoms with E-state index in [4.69, 9.17) is 9.84 Å². The predicted molar refractivity (Wildman–Crippen MR) is 73.7 cm³/mol. The quantitative estimate of drug-likeness (QED) is 0.888. The molecular formula is C15H19NO4. The molecule has 0 radical (unpaired) electrons. The molecular weight excluding hydrogens is 258 g/mol. The van der Waals surface area contributed by atoms with Crippen molar-refractivity contribution in [2.75, 3.05) is 19.7 Å². The number of rotatable bonds is 5. The Labute approximate surface area is 118 Å². The van der Waals surface area contributed by atoms with Crippen LogP contribution in [0.5, 0.6) is 5.75 Å². The largest absolute Gasteiger partial charge is 0.483 e. The van der Waals surface area contributed by atoms with Gasteiger partial charge in [-0.1, -0.05) is 18.2 Å². The van der Waals surface area contributed by atoms with Crippen molar-refractivity contribution in [2.24, 2.45) is 5.92 Å². The Bertz CT molecular complexity index is 500. The van der Waals surface area contributed by atoms with Crippen LogP contribution in [0.4, 0.5) is 0 Å². The smallest absolute Gasteiger partial charge is 0.303 e. The van der Waals surface area contributed by atoms with Gasteiger partial charge in [0, 0.05) is 19.0 Å². The maximum absolute atomic E-state index is 11.9. The molecule has 1 heterocycles. The second kappa shape index (κ2) is 5.94. The van der Waals surface area contributed by atoms with Gasteiger partial charge in [0.25, 0.3) is 5.91 Å². The lowest BCUT2D eigenvalue weighted by molar-refractivity contribution is -0.146. The van der Waals surface area contributed by atoms with Gasteiger partial charge in [0.2, 0.25) is 0 Å². The maximum atomic E-state index is 11.9. The van der Waals surface area contributed by atoms with Gasteiger partial charge in [0.05, 0.1) is 6.42 Å². The molecule has 1 N–H and O–H groups in total. The molecule has 0 aliphatic carbocycles. The van der Waals surface area contributed by atoms with Crippen LogP contribution >= 0.6 is 0 Å². The zero-order valence-electron chi connectivity index (χ0n) is 11.8. The van der Waals surface area contributed by atoms with E-state index in [2.05, 4.69) is 0 Å². The minimum Gasteiger partial charge on any atom is -0.483 e. The zero-order valence-corrected chi connectivity index (χ0v) is 11.8. The lowest BCUT2D eigenvalue weighted by atomic mass is 9.96. The first-order chi connectivity index (χ1) is 9.47. The number of hydrogen-bond donors (Lipinski definition) is 1. The van der Waals surface area contributed by atoms with Crippen molar-refractivity contribution in [3.8, 4) is 5.75 Å². The predicted octanol–water partition coefficient (Wildman–Crippen LogP) is 1.62. The molecule has 0 unspecified atom stereocenters. The summed E-state index contributed by atoms with van der Waals surface area (Å²) in [6.07, 6.45) is 0.127. The van der Waals surface area contributed by atoms with Gasteiger partial charge in [-0.05, 0) is 25.0 Å². The van der Waals surface area contributed by atoms with E-state index < -0.39 is 5.97 Å². The molecule has 1 fully saturated rings. The summed E-state index contributed by atoms with van der Waals surface area (Å²) in [7, 11) is 0. The number of carbonyl (C=O) groups is 2. The minimum atomic E-state index is -0.811. The Morgan fingerprint density at radius 2 is 1.90 bits per heavy atom. The van der Waals surface area contributed by atoms with Crippen LogP contribution in [0.1, 0.15) is 17.5 Å². The molecule has 20 heavy (non-hydrogen) atoms. The van der Waals surface area contributed by atoms with E-state index >= 15 is 0 Å². The standard InChI is InChI=1S/C15H19NO4/c1-10-4-3-5-11(2)15(10)20-9-13(17)16-7-12(8-16)6-14(18)19/h3-5,12H,6-9H2,1-2H3,(H,18,19). The zero-order chi connectivity index (χ0) is 14.7. The molecule has 5 heteroatoms. The Kier molecular flexibility index (Phi) is 4.27. The van der Waals surface area contributed by atoms with Crippen LogP contribution < -0.4 is 4.74 Å². The Morgan fingerprint density at radius 1 is 1.30 bits per heavy atom. The van der Waals surface area contributed by atoms with Gasteiger partial charge in [-0.2, -0.15) is 0 Å². The van der Waals surface area contributed by atoms with E-state index in [1.54, 1.807) is 4.90 Å². The number of likely N-dealkylation sites (tertiary alicyclic amines) is 1. The van der Waals surface area contributed by atoms with Crippen LogP contribution in [-0.4, -0.2) is 41.6 Å². The summed E-state index contributed by atoms with van der Waals surface area (Å²) < 4.78 is 5.60. The van der Waals surface area contributed by atoms with Gasteiger partial charge in [-0.25, -0.2) is 0 Å². The van der Waals surface area contributed by atoms with Crippen molar-refractivity contribution < 1.29 is 19.4 Å². The molecule has 1 aromatic carbocycles. The fourth-order valence-electron chi connectivity index (χ4n) is 2.40. The maximum Gasteiger partial charge on any atom is 0.303 e. The average Bonchev–Trinajstić information content (AvgIpc) is 2.32. The molecule has 1 saturated heterocycles. The highest BCUT2D eigenvalue weighted by Gasteiger charge is 2.32. The number of carbonyl (C=O) groups excluding carboxylic acids is 1. The summed E-state index contributed by atoms with van der Waals surface area (Å²) in [4.78, 5) is 24.1. The number of aryl methyl sites for hydroxylation is 2. The first-order valence-electron chi connectivity index (χ1n) is 6.66. The van der Waals surface area contributed by atoms with E-state index in [9.17, 15) is 9.59 Å². The van der Waals surface area contributed by atoms with E-state index in [-0.39, 0.29) is 24.9 Å². The molecule has 1 aromatic rings. The molecule has 0 atom stereocenters. The van der Waals surface area contributed by atoms with Crippen LogP contribution in [-0.2, 0) is 9.59 Å². The highest BCUT2D eigenvalue weighted by molar-refractivity contribution is 5.79. The average molecular weight is 277 g/mol. The van der Waals surface area contributed by atoms with Crippen LogP contribution in [0.2, 0.25) is 0 Å². The van der Waals surface area contributed by atoms with Crippen molar-refractivity contribution in [1.82, 2.24) is 4.90 Å². The van der Waals surface area contributed by atoms with Crippen molar-refractivity contribution in [3.05, 3.63) is 29.3 Å². The number of ether oxygens (including phenoxy) is 1. The van der Waals surface area contributed by atoms with Crippen molar-refractivity contribution in [1.29, 1.82) is 0 Å². The summed E-state index contributed by atoms with van der Waals surface area (Å²) in [5.41, 5.74) is 2.01. The molecule has 2 rings (SSSR count). The number of amides is 1. The van der Waals surface area contributed by atoms with Crippen LogP contribution in [0, 0.1) is 19.8 Å². The van der Waals surface area contributed by atoms with Gasteiger partial charge in [0.15, 0.2) is 6.61 Å². The number of para-hydroxylation sites is 1. The van der Waals surface area contributed by atoms with Crippen molar-refractivity contribution >= 4 is 11.9 Å². The van der Waals surface area contributed by atoms with E-state index in [1.165, 1.54) is 0 Å². The van der Waals surface area contributed by atoms with E-state index in [1.807, 2.05) is 32.0 Å². The molecule has 0 saturated carbocycles. The third-order valence-corrected chi connectivity index (χ3v) is 3.52. The molecule has 1 aliphatic heterocycles. The SMILES string of the molecule is Cc1cccc(C)c1OCC(=O)N1CC(CC(=O)O)C1. The Hall–Kier alpha value is -2.04. The summed E-state index contributed by atoms with van der Waals surface area (Å²) in [5, 5.41) is 8.66. The minimum absolute atomic E-state index is 0.00544. The molecule has 1 amide bonds. The number of carboxylic acid groups (broad SMARTS) is 1. The summed E-state index contributed by atoms with van der Waals surface area (Å²) in [6, 6.07) is 5.84. The van der Waals surface area contributed by atoms with Crippen LogP contribution in [0.3, 0.4) is 0 Å². The van der Waals surface area contributed by atoms with Gasteiger partial charge in [-0.15, -0.1) is 0 Å². The summed E-state index contributed by atoms with van der Waals surface area (Å²) >= 11 is 0. The van der Waals surface area contributed by atoms with E-state index in [0.717, 1.165) is 16.9 Å². The molecule has 0 aromatic heterocycles. The second-order valence-electron chi connectivity index (χ2n) is 5.27. The monoisotopic (exact) mass is 277 g/mol. The van der Waals surface area contributed by atoms with Gasteiger partial charge in [0.1, 0.15) is 5.75 Å². The van der Waals surface area contributed by atoms with Gasteiger partial charge in [-0.3, -0.25) is 9.59 Å². The molecule has 0 spiro atoms. The van der Waals surface area contributed by atoms with Gasteiger partial charge >= 0.3 is 5.97 Å². The van der Waals surface area contributed by atoms with Crippen molar-refractivity contribution in [2.45, 2.75) is 20.3 Å². The van der Waals surface area contributed by atoms with Crippen LogP contribution in [0.25, 0.3) is 0 Å². The van der Waals surface area contributed by atoms with Crippen LogP contribution in [0.15, 0.2) is 18.2 Å². The fourth-order valence-corrected chi connectivity index (χ4v) is 2.40. The second-order valence-corrected chi connectivity index (χ2v) is 5.27. The lowest BCUT2D eigenvalue weighted by Crippen LogP contribution is -2.52. The number of nitrogens with zero attached hydrogens (tertiary/aromatic N) is 1. The van der Waals surface area contributed by atoms with E-state index in [0.29, 0.717) is 13.1 Å². The lowest BCUT2D eigenvalue weighted by Gasteiger charge is -2.38. The highest BCUT2D eigenvalue weighted by Crippen LogP contribution is 2.23.